The number of nitrogens with one attached hydrogen (secondary N) is 1. The van der Waals surface area contributed by atoms with Gasteiger partial charge in [0.2, 0.25) is 0 Å². The third-order valence-corrected chi connectivity index (χ3v) is 3.41. The molecule has 2 rings (SSSR count). The van der Waals surface area contributed by atoms with Crippen LogP contribution in [-0.4, -0.2) is 43.1 Å². The third kappa shape index (κ3) is 3.14. The summed E-state index contributed by atoms with van der Waals surface area (Å²) in [6.45, 7) is 1.92. The normalized spacial score (nSPS) is 17.2. The van der Waals surface area contributed by atoms with Gasteiger partial charge in [-0.3, -0.25) is 10.1 Å². The van der Waals surface area contributed by atoms with Crippen molar-refractivity contribution in [2.75, 3.05) is 32.5 Å². The van der Waals surface area contributed by atoms with Crippen LogP contribution in [0.2, 0.25) is 0 Å². The van der Waals surface area contributed by atoms with Crippen LogP contribution < -0.4 is 10.1 Å². The van der Waals surface area contributed by atoms with Crippen molar-refractivity contribution in [2.45, 2.75) is 18.9 Å². The molecule has 1 aliphatic rings. The van der Waals surface area contributed by atoms with E-state index in [1.54, 1.807) is 25.2 Å². The van der Waals surface area contributed by atoms with Crippen molar-refractivity contribution in [3.63, 3.8) is 0 Å². The molecule has 0 spiro atoms. The molecule has 0 saturated carbocycles. The van der Waals surface area contributed by atoms with E-state index in [1.807, 2.05) is 0 Å². The van der Waals surface area contributed by atoms with Gasteiger partial charge in [0.25, 0.3) is 0 Å². The summed E-state index contributed by atoms with van der Waals surface area (Å²) in [5.74, 6) is 0.353. The second-order valence-corrected chi connectivity index (χ2v) is 4.78. The summed E-state index contributed by atoms with van der Waals surface area (Å²) in [4.78, 5) is 13.0. The molecule has 1 N–H and O–H groups in total. The number of rotatable bonds is 4. The van der Waals surface area contributed by atoms with Gasteiger partial charge in [0.05, 0.1) is 4.92 Å². The van der Waals surface area contributed by atoms with Crippen molar-refractivity contribution < 1.29 is 9.66 Å². The van der Waals surface area contributed by atoms with Gasteiger partial charge in [-0.15, -0.1) is 0 Å². The topological polar surface area (TPSA) is 67.6 Å². The van der Waals surface area contributed by atoms with Crippen molar-refractivity contribution >= 4 is 11.4 Å². The number of nitrogens with zero attached hydrogens (tertiary/aromatic N) is 2. The highest BCUT2D eigenvalue weighted by Gasteiger charge is 2.24. The van der Waals surface area contributed by atoms with Crippen LogP contribution in [0.1, 0.15) is 12.8 Å². The van der Waals surface area contributed by atoms with Crippen LogP contribution in [0.5, 0.6) is 5.75 Å². The highest BCUT2D eigenvalue weighted by Crippen LogP contribution is 2.35. The minimum Gasteiger partial charge on any atom is -0.483 e. The molecule has 0 bridgehead atoms. The summed E-state index contributed by atoms with van der Waals surface area (Å²) in [6, 6.07) is 5.11. The quantitative estimate of drug-likeness (QED) is 0.667. The largest absolute Gasteiger partial charge is 0.483 e. The fourth-order valence-corrected chi connectivity index (χ4v) is 2.29. The lowest BCUT2D eigenvalue weighted by atomic mass is 10.1. The summed E-state index contributed by atoms with van der Waals surface area (Å²) < 4.78 is 5.83. The van der Waals surface area contributed by atoms with Gasteiger partial charge in [0, 0.05) is 20.1 Å². The maximum absolute atomic E-state index is 11.2. The lowest BCUT2D eigenvalue weighted by Crippen LogP contribution is -2.35. The van der Waals surface area contributed by atoms with Crippen LogP contribution in [-0.2, 0) is 0 Å². The Balaban J connectivity index is 2.17. The van der Waals surface area contributed by atoms with E-state index in [0.29, 0.717) is 11.4 Å². The second kappa shape index (κ2) is 5.88. The van der Waals surface area contributed by atoms with Crippen molar-refractivity contribution in [1.82, 2.24) is 4.90 Å². The van der Waals surface area contributed by atoms with E-state index in [2.05, 4.69) is 17.3 Å². The fourth-order valence-electron chi connectivity index (χ4n) is 2.29. The van der Waals surface area contributed by atoms with Crippen LogP contribution in [0.3, 0.4) is 0 Å². The van der Waals surface area contributed by atoms with Crippen molar-refractivity contribution in [1.29, 1.82) is 0 Å². The van der Waals surface area contributed by atoms with E-state index >= 15 is 0 Å². The number of nitro benzene ring substituents is 1. The Morgan fingerprint density at radius 1 is 1.42 bits per heavy atom. The molecule has 19 heavy (non-hydrogen) atoms. The van der Waals surface area contributed by atoms with E-state index in [-0.39, 0.29) is 11.8 Å². The lowest BCUT2D eigenvalue weighted by molar-refractivity contribution is -0.385. The molecule has 0 aromatic heterocycles. The highest BCUT2D eigenvalue weighted by molar-refractivity contribution is 5.68. The van der Waals surface area contributed by atoms with Gasteiger partial charge in [-0.2, -0.15) is 0 Å². The summed E-state index contributed by atoms with van der Waals surface area (Å²) in [6.07, 6.45) is 1.86. The molecule has 1 aromatic rings. The van der Waals surface area contributed by atoms with E-state index < -0.39 is 4.92 Å². The zero-order valence-electron chi connectivity index (χ0n) is 11.3. The van der Waals surface area contributed by atoms with Crippen molar-refractivity contribution in [3.8, 4) is 5.75 Å². The molecule has 1 fully saturated rings. The number of piperidine rings is 1. The minimum atomic E-state index is -0.393. The van der Waals surface area contributed by atoms with Gasteiger partial charge < -0.3 is 15.0 Å². The number of benzene rings is 1. The zero-order valence-corrected chi connectivity index (χ0v) is 11.3. The Morgan fingerprint density at radius 3 is 2.68 bits per heavy atom. The first-order valence-corrected chi connectivity index (χ1v) is 6.42. The molecule has 0 atom stereocenters. The summed E-state index contributed by atoms with van der Waals surface area (Å²) in [5.41, 5.74) is 0.499. The maximum Gasteiger partial charge on any atom is 0.333 e. The van der Waals surface area contributed by atoms with Crippen LogP contribution in [0.25, 0.3) is 0 Å². The number of nitro groups is 1. The fraction of sp³-hybridized carbons (Fsp3) is 0.538. The summed E-state index contributed by atoms with van der Waals surface area (Å²) in [7, 11) is 3.74. The molecule has 0 radical (unpaired) electrons. The van der Waals surface area contributed by atoms with Gasteiger partial charge >= 0.3 is 5.69 Å². The van der Waals surface area contributed by atoms with Gasteiger partial charge in [-0.05, 0) is 32.0 Å². The number of hydrogen-bond donors (Lipinski definition) is 1. The monoisotopic (exact) mass is 265 g/mol. The van der Waals surface area contributed by atoms with Gasteiger partial charge in [-0.1, -0.05) is 6.07 Å². The summed E-state index contributed by atoms with van der Waals surface area (Å²) in [5, 5.41) is 14.0. The molecule has 1 saturated heterocycles. The summed E-state index contributed by atoms with van der Waals surface area (Å²) >= 11 is 0. The zero-order chi connectivity index (χ0) is 13.8. The van der Waals surface area contributed by atoms with E-state index in [4.69, 9.17) is 4.74 Å². The first kappa shape index (κ1) is 13.6. The van der Waals surface area contributed by atoms with Crippen LogP contribution in [0.15, 0.2) is 18.2 Å². The molecule has 1 aliphatic heterocycles. The van der Waals surface area contributed by atoms with Gasteiger partial charge in [0.15, 0.2) is 5.75 Å². The molecule has 104 valence electrons. The predicted molar refractivity (Wildman–Crippen MR) is 73.8 cm³/mol. The average Bonchev–Trinajstić information content (AvgIpc) is 2.40. The van der Waals surface area contributed by atoms with Crippen LogP contribution in [0, 0.1) is 10.1 Å². The van der Waals surface area contributed by atoms with Crippen LogP contribution >= 0.6 is 0 Å². The van der Waals surface area contributed by atoms with E-state index in [0.717, 1.165) is 25.9 Å². The van der Waals surface area contributed by atoms with Crippen molar-refractivity contribution in [3.05, 3.63) is 28.3 Å². The molecule has 6 heteroatoms. The van der Waals surface area contributed by atoms with Crippen LogP contribution in [0.4, 0.5) is 11.4 Å². The number of para-hydroxylation sites is 1. The lowest BCUT2D eigenvalue weighted by Gasteiger charge is -2.29. The minimum absolute atomic E-state index is 0.0175. The Morgan fingerprint density at radius 2 is 2.11 bits per heavy atom. The van der Waals surface area contributed by atoms with E-state index in [9.17, 15) is 10.1 Å². The first-order valence-electron chi connectivity index (χ1n) is 6.42. The molecule has 0 unspecified atom stereocenters. The Kier molecular flexibility index (Phi) is 4.21. The van der Waals surface area contributed by atoms with Gasteiger partial charge in [0.1, 0.15) is 11.8 Å². The predicted octanol–water partition coefficient (Wildman–Crippen LogP) is 2.11. The number of hydrogen-bond acceptors (Lipinski definition) is 5. The smallest absolute Gasteiger partial charge is 0.333 e. The standard InChI is InChI=1S/C13H19N3O3/c1-14-11-4-3-5-12(13(11)16(17)18)19-10-6-8-15(2)9-7-10/h3-5,10,14H,6-9H2,1-2H3. The maximum atomic E-state index is 11.2. The molecule has 1 heterocycles. The number of ether oxygens (including phenoxy) is 1. The number of anilines is 1. The molecule has 6 nitrogen and oxygen atoms in total. The Hall–Kier alpha value is -1.82. The third-order valence-electron chi connectivity index (χ3n) is 3.41. The van der Waals surface area contributed by atoms with Crippen molar-refractivity contribution in [2.24, 2.45) is 0 Å². The Labute approximate surface area is 112 Å². The molecular weight excluding hydrogens is 246 g/mol. The first-order chi connectivity index (χ1) is 9.11. The van der Waals surface area contributed by atoms with Gasteiger partial charge in [-0.25, -0.2) is 0 Å². The second-order valence-electron chi connectivity index (χ2n) is 4.78. The average molecular weight is 265 g/mol. The Bertz CT molecular complexity index is 456. The molecule has 0 aliphatic carbocycles. The molecule has 1 aromatic carbocycles. The molecule has 0 amide bonds. The SMILES string of the molecule is CNc1cccc(OC2CCN(C)CC2)c1[N+](=O)[O-]. The highest BCUT2D eigenvalue weighted by atomic mass is 16.6. The van der Waals surface area contributed by atoms with E-state index in [1.165, 1.54) is 0 Å². The number of likely N-dealkylation sites (tertiary alicyclic amines) is 1. The molecular formula is C13H19N3O3.